The number of phenols is 1. The highest BCUT2D eigenvalue weighted by atomic mass is 19.1. The van der Waals surface area contributed by atoms with E-state index in [9.17, 15) is 9.50 Å². The number of hydrogen-bond donors (Lipinski definition) is 1. The third-order valence-electron chi connectivity index (χ3n) is 4.08. The minimum absolute atomic E-state index is 0.330. The topological polar surface area (TPSA) is 20.2 Å². The predicted octanol–water partition coefficient (Wildman–Crippen LogP) is 5.90. The first-order valence-corrected chi connectivity index (χ1v) is 8.03. The van der Waals surface area contributed by atoms with Crippen LogP contribution >= 0.6 is 0 Å². The van der Waals surface area contributed by atoms with Crippen molar-refractivity contribution >= 4 is 11.1 Å². The fourth-order valence-corrected chi connectivity index (χ4v) is 2.95. The van der Waals surface area contributed by atoms with Gasteiger partial charge in [0.15, 0.2) is 11.6 Å². The second-order valence-corrected chi connectivity index (χ2v) is 5.61. The molecule has 1 nitrogen and oxygen atoms in total. The van der Waals surface area contributed by atoms with Gasteiger partial charge in [0.25, 0.3) is 0 Å². The van der Waals surface area contributed by atoms with Crippen LogP contribution in [0, 0.1) is 5.82 Å². The molecule has 0 saturated heterocycles. The summed E-state index contributed by atoms with van der Waals surface area (Å²) in [4.78, 5) is 0. The van der Waals surface area contributed by atoms with Crippen molar-refractivity contribution in [2.24, 2.45) is 0 Å². The number of phenolic OH excluding ortho intramolecular Hbond substituents is 1. The fourth-order valence-electron chi connectivity index (χ4n) is 2.95. The number of rotatable bonds is 4. The number of hydrogen-bond acceptors (Lipinski definition) is 1. The number of allylic oxidation sites excluding steroid dienone is 1. The third kappa shape index (κ3) is 3.23. The summed E-state index contributed by atoms with van der Waals surface area (Å²) in [6.45, 7) is 2.10. The van der Waals surface area contributed by atoms with Crippen molar-refractivity contribution < 1.29 is 9.50 Å². The molecular weight excluding hydrogens is 299 g/mol. The van der Waals surface area contributed by atoms with Crippen molar-refractivity contribution in [1.29, 1.82) is 0 Å². The molecule has 120 valence electrons. The zero-order valence-corrected chi connectivity index (χ0v) is 13.5. The maximum Gasteiger partial charge on any atom is 0.165 e. The zero-order valence-electron chi connectivity index (χ0n) is 13.5. The Labute approximate surface area is 141 Å². The molecule has 2 heteroatoms. The lowest BCUT2D eigenvalue weighted by Crippen LogP contribution is -1.95. The van der Waals surface area contributed by atoms with Crippen LogP contribution in [0.25, 0.3) is 11.1 Å². The lowest BCUT2D eigenvalue weighted by Gasteiger charge is -2.16. The summed E-state index contributed by atoms with van der Waals surface area (Å²) < 4.78 is 14.0. The van der Waals surface area contributed by atoms with Gasteiger partial charge in [-0.05, 0) is 46.4 Å². The van der Waals surface area contributed by atoms with E-state index in [4.69, 9.17) is 0 Å². The highest BCUT2D eigenvalue weighted by Crippen LogP contribution is 2.35. The fraction of sp³-hybridized carbons (Fsp3) is 0.0909. The summed E-state index contributed by atoms with van der Waals surface area (Å²) in [7, 11) is 0. The van der Waals surface area contributed by atoms with Crippen LogP contribution in [-0.4, -0.2) is 5.11 Å². The molecule has 0 amide bonds. The van der Waals surface area contributed by atoms with Gasteiger partial charge in [-0.15, -0.1) is 0 Å². The molecule has 24 heavy (non-hydrogen) atoms. The Morgan fingerprint density at radius 3 is 1.92 bits per heavy atom. The smallest absolute Gasteiger partial charge is 0.165 e. The van der Waals surface area contributed by atoms with E-state index in [2.05, 4.69) is 19.1 Å². The minimum atomic E-state index is -0.607. The molecule has 0 bridgehead atoms. The summed E-state index contributed by atoms with van der Waals surface area (Å²) in [5, 5.41) is 9.52. The molecule has 3 aromatic carbocycles. The summed E-state index contributed by atoms with van der Waals surface area (Å²) in [6, 6.07) is 24.7. The highest BCUT2D eigenvalue weighted by molar-refractivity contribution is 5.98. The minimum Gasteiger partial charge on any atom is -0.505 e. The number of aromatic hydroxyl groups is 1. The molecule has 0 aromatic heterocycles. The van der Waals surface area contributed by atoms with Crippen LogP contribution < -0.4 is 0 Å². The molecular formula is C22H19FO. The average molecular weight is 318 g/mol. The molecule has 0 atom stereocenters. The molecule has 0 unspecified atom stereocenters. The van der Waals surface area contributed by atoms with Crippen molar-refractivity contribution in [3.63, 3.8) is 0 Å². The normalized spacial score (nSPS) is 11.9. The van der Waals surface area contributed by atoms with Gasteiger partial charge in [-0.3, -0.25) is 0 Å². The summed E-state index contributed by atoms with van der Waals surface area (Å²) >= 11 is 0. The molecule has 0 heterocycles. The molecule has 0 aliphatic heterocycles. The molecule has 3 rings (SSSR count). The van der Waals surface area contributed by atoms with E-state index in [0.29, 0.717) is 0 Å². The van der Waals surface area contributed by atoms with E-state index in [1.165, 1.54) is 12.1 Å². The molecule has 0 fully saturated rings. The Morgan fingerprint density at radius 2 is 1.38 bits per heavy atom. The van der Waals surface area contributed by atoms with E-state index in [-0.39, 0.29) is 5.75 Å². The Balaban J connectivity index is 2.29. The Morgan fingerprint density at radius 1 is 0.792 bits per heavy atom. The lowest BCUT2D eigenvalue weighted by molar-refractivity contribution is 0.432. The summed E-state index contributed by atoms with van der Waals surface area (Å²) in [5.74, 6) is -0.937. The Kier molecular flexibility index (Phi) is 4.76. The standard InChI is InChI=1S/C22H19FO/c1-2-19(16-9-5-3-6-10-16)22(17-11-7-4-8-12-17)18-13-14-21(24)20(23)15-18/h3-15,24H,2H2,1H3. The van der Waals surface area contributed by atoms with Gasteiger partial charge in [0, 0.05) is 0 Å². The monoisotopic (exact) mass is 318 g/mol. The van der Waals surface area contributed by atoms with Gasteiger partial charge < -0.3 is 5.11 Å². The van der Waals surface area contributed by atoms with Gasteiger partial charge in [-0.1, -0.05) is 73.7 Å². The van der Waals surface area contributed by atoms with Crippen molar-refractivity contribution in [1.82, 2.24) is 0 Å². The molecule has 0 saturated carbocycles. The average Bonchev–Trinajstić information content (AvgIpc) is 2.63. The number of halogens is 1. The first kappa shape index (κ1) is 16.0. The van der Waals surface area contributed by atoms with E-state index in [1.54, 1.807) is 6.07 Å². The van der Waals surface area contributed by atoms with Gasteiger partial charge in [-0.2, -0.15) is 0 Å². The van der Waals surface area contributed by atoms with Crippen molar-refractivity contribution in [3.8, 4) is 5.75 Å². The predicted molar refractivity (Wildman–Crippen MR) is 97.2 cm³/mol. The number of benzene rings is 3. The highest BCUT2D eigenvalue weighted by Gasteiger charge is 2.14. The molecule has 0 radical (unpaired) electrons. The lowest BCUT2D eigenvalue weighted by atomic mass is 9.88. The van der Waals surface area contributed by atoms with Crippen LogP contribution in [0.3, 0.4) is 0 Å². The molecule has 0 spiro atoms. The quantitative estimate of drug-likeness (QED) is 0.594. The molecule has 0 aliphatic carbocycles. The van der Waals surface area contributed by atoms with Crippen molar-refractivity contribution in [2.45, 2.75) is 13.3 Å². The van der Waals surface area contributed by atoms with Gasteiger partial charge >= 0.3 is 0 Å². The SMILES string of the molecule is CCC(=C(c1ccccc1)c1ccc(O)c(F)c1)c1ccccc1. The molecule has 0 aliphatic rings. The van der Waals surface area contributed by atoms with Gasteiger partial charge in [0.1, 0.15) is 0 Å². The molecule has 1 N–H and O–H groups in total. The van der Waals surface area contributed by atoms with Crippen LogP contribution in [0.15, 0.2) is 78.9 Å². The first-order chi connectivity index (χ1) is 11.7. The van der Waals surface area contributed by atoms with Crippen LogP contribution in [-0.2, 0) is 0 Å². The zero-order chi connectivity index (χ0) is 16.9. The van der Waals surface area contributed by atoms with E-state index >= 15 is 0 Å². The van der Waals surface area contributed by atoms with Crippen LogP contribution in [0.4, 0.5) is 4.39 Å². The van der Waals surface area contributed by atoms with Crippen LogP contribution in [0.5, 0.6) is 5.75 Å². The first-order valence-electron chi connectivity index (χ1n) is 8.03. The second kappa shape index (κ2) is 7.14. The second-order valence-electron chi connectivity index (χ2n) is 5.61. The van der Waals surface area contributed by atoms with Crippen molar-refractivity contribution in [2.75, 3.05) is 0 Å². The molecule has 3 aromatic rings. The van der Waals surface area contributed by atoms with E-state index < -0.39 is 5.82 Å². The van der Waals surface area contributed by atoms with E-state index in [1.807, 2.05) is 48.5 Å². The Hall–Kier alpha value is -2.87. The van der Waals surface area contributed by atoms with Crippen LogP contribution in [0.2, 0.25) is 0 Å². The maximum absolute atomic E-state index is 14.0. The Bertz CT molecular complexity index is 852. The van der Waals surface area contributed by atoms with E-state index in [0.717, 1.165) is 34.3 Å². The van der Waals surface area contributed by atoms with Crippen molar-refractivity contribution in [3.05, 3.63) is 101 Å². The van der Waals surface area contributed by atoms with Gasteiger partial charge in [0.2, 0.25) is 0 Å². The third-order valence-corrected chi connectivity index (χ3v) is 4.08. The van der Waals surface area contributed by atoms with Gasteiger partial charge in [-0.25, -0.2) is 4.39 Å². The largest absolute Gasteiger partial charge is 0.505 e. The summed E-state index contributed by atoms with van der Waals surface area (Å²) in [5.41, 5.74) is 5.04. The maximum atomic E-state index is 14.0. The van der Waals surface area contributed by atoms with Gasteiger partial charge in [0.05, 0.1) is 0 Å². The van der Waals surface area contributed by atoms with Crippen LogP contribution in [0.1, 0.15) is 30.0 Å². The summed E-state index contributed by atoms with van der Waals surface area (Å²) in [6.07, 6.45) is 0.816.